The second-order valence-electron chi connectivity index (χ2n) is 8.42. The fourth-order valence-electron chi connectivity index (χ4n) is 5.13. The molecular formula is C21H28N2O4. The highest BCUT2D eigenvalue weighted by Gasteiger charge is 2.50. The van der Waals surface area contributed by atoms with E-state index in [1.165, 1.54) is 31.4 Å². The summed E-state index contributed by atoms with van der Waals surface area (Å²) in [7, 11) is 0. The van der Waals surface area contributed by atoms with Gasteiger partial charge in [0.15, 0.2) is 11.2 Å². The minimum absolute atomic E-state index is 0.0736. The number of amides is 2. The van der Waals surface area contributed by atoms with Crippen molar-refractivity contribution in [2.75, 3.05) is 19.6 Å². The van der Waals surface area contributed by atoms with Gasteiger partial charge in [0.1, 0.15) is 5.76 Å². The van der Waals surface area contributed by atoms with Crippen molar-refractivity contribution in [3.8, 4) is 0 Å². The van der Waals surface area contributed by atoms with Crippen molar-refractivity contribution in [1.82, 2.24) is 9.80 Å². The molecule has 146 valence electrons. The molecule has 3 aliphatic rings. The van der Waals surface area contributed by atoms with Crippen LogP contribution in [0, 0.1) is 12.3 Å². The first kappa shape index (κ1) is 18.3. The lowest BCUT2D eigenvalue weighted by atomic mass is 9.77. The second kappa shape index (κ2) is 7.13. The molecule has 2 aliphatic heterocycles. The monoisotopic (exact) mass is 372 g/mol. The standard InChI is InChI=1S/C21H28N2O4/c1-15-12-17(24)13-18(27-15)19(25)22-11-9-21(14-22)8-5-10-23(20(21)26)16-6-3-2-4-7-16/h12-13,16H,2-11,14H2,1H3/t21-/m1/s1. The van der Waals surface area contributed by atoms with Crippen molar-refractivity contribution in [3.63, 3.8) is 0 Å². The molecule has 2 amide bonds. The summed E-state index contributed by atoms with van der Waals surface area (Å²) in [5.41, 5.74) is -0.677. The number of nitrogens with zero attached hydrogens (tertiary/aromatic N) is 2. The van der Waals surface area contributed by atoms with Crippen LogP contribution in [0.25, 0.3) is 0 Å². The van der Waals surface area contributed by atoms with Gasteiger partial charge in [0, 0.05) is 37.8 Å². The predicted octanol–water partition coefficient (Wildman–Crippen LogP) is 2.74. The Kier molecular flexibility index (Phi) is 4.82. The van der Waals surface area contributed by atoms with Crippen LogP contribution in [-0.2, 0) is 4.79 Å². The maximum atomic E-state index is 13.4. The van der Waals surface area contributed by atoms with Gasteiger partial charge >= 0.3 is 0 Å². The molecule has 1 saturated carbocycles. The zero-order valence-corrected chi connectivity index (χ0v) is 16.0. The molecule has 3 fully saturated rings. The van der Waals surface area contributed by atoms with Crippen LogP contribution in [0.4, 0.5) is 0 Å². The van der Waals surface area contributed by atoms with Crippen molar-refractivity contribution in [2.45, 2.75) is 64.3 Å². The number of likely N-dealkylation sites (tertiary alicyclic amines) is 2. The fraction of sp³-hybridized carbons (Fsp3) is 0.667. The molecule has 1 atom stereocenters. The van der Waals surface area contributed by atoms with Crippen LogP contribution in [0.1, 0.15) is 67.7 Å². The summed E-state index contributed by atoms with van der Waals surface area (Å²) in [5.74, 6) is 0.457. The lowest BCUT2D eigenvalue weighted by Gasteiger charge is -2.44. The molecular weight excluding hydrogens is 344 g/mol. The van der Waals surface area contributed by atoms with E-state index in [0.29, 0.717) is 31.3 Å². The zero-order valence-electron chi connectivity index (χ0n) is 16.0. The smallest absolute Gasteiger partial charge is 0.289 e. The Balaban J connectivity index is 1.50. The van der Waals surface area contributed by atoms with E-state index in [-0.39, 0.29) is 23.0 Å². The molecule has 1 spiro atoms. The molecule has 3 heterocycles. The third-order valence-corrected chi connectivity index (χ3v) is 6.53. The summed E-state index contributed by atoms with van der Waals surface area (Å²) >= 11 is 0. The van der Waals surface area contributed by atoms with Crippen LogP contribution < -0.4 is 5.43 Å². The van der Waals surface area contributed by atoms with Crippen molar-refractivity contribution < 1.29 is 14.0 Å². The van der Waals surface area contributed by atoms with Gasteiger partial charge in [-0.15, -0.1) is 0 Å². The van der Waals surface area contributed by atoms with Gasteiger partial charge in [-0.25, -0.2) is 0 Å². The van der Waals surface area contributed by atoms with Crippen LogP contribution in [0.3, 0.4) is 0 Å². The normalized spacial score (nSPS) is 26.8. The van der Waals surface area contributed by atoms with E-state index in [1.54, 1.807) is 11.8 Å². The topological polar surface area (TPSA) is 70.8 Å². The van der Waals surface area contributed by atoms with Crippen LogP contribution in [-0.4, -0.2) is 47.3 Å². The summed E-state index contributed by atoms with van der Waals surface area (Å²) < 4.78 is 5.46. The first-order chi connectivity index (χ1) is 13.0. The van der Waals surface area contributed by atoms with Crippen LogP contribution in [0.5, 0.6) is 0 Å². The zero-order chi connectivity index (χ0) is 19.0. The molecule has 0 N–H and O–H groups in total. The van der Waals surface area contributed by atoms with Crippen molar-refractivity contribution in [1.29, 1.82) is 0 Å². The molecule has 0 bridgehead atoms. The summed E-state index contributed by atoms with van der Waals surface area (Å²) in [5, 5.41) is 0. The first-order valence-electron chi connectivity index (χ1n) is 10.2. The third kappa shape index (κ3) is 3.42. The van der Waals surface area contributed by atoms with E-state index in [4.69, 9.17) is 4.42 Å². The number of rotatable bonds is 2. The van der Waals surface area contributed by atoms with Gasteiger partial charge in [-0.05, 0) is 39.0 Å². The maximum absolute atomic E-state index is 13.4. The first-order valence-corrected chi connectivity index (χ1v) is 10.2. The molecule has 6 nitrogen and oxygen atoms in total. The average Bonchev–Trinajstić information content (AvgIpc) is 3.08. The SMILES string of the molecule is Cc1cc(=O)cc(C(=O)N2CC[C@]3(CCCN(C4CCCCC4)C3=O)C2)o1. The maximum Gasteiger partial charge on any atom is 0.289 e. The van der Waals surface area contributed by atoms with Crippen LogP contribution in [0.15, 0.2) is 21.3 Å². The Bertz CT molecular complexity index is 796. The molecule has 1 aliphatic carbocycles. The number of carbonyl (C=O) groups excluding carboxylic acids is 2. The highest BCUT2D eigenvalue weighted by molar-refractivity contribution is 5.93. The number of hydrogen-bond donors (Lipinski definition) is 0. The molecule has 0 aromatic carbocycles. The lowest BCUT2D eigenvalue weighted by molar-refractivity contribution is -0.149. The van der Waals surface area contributed by atoms with E-state index >= 15 is 0 Å². The summed E-state index contributed by atoms with van der Waals surface area (Å²) in [6.45, 7) is 3.49. The molecule has 27 heavy (non-hydrogen) atoms. The van der Waals surface area contributed by atoms with Crippen molar-refractivity contribution in [2.24, 2.45) is 5.41 Å². The third-order valence-electron chi connectivity index (χ3n) is 6.53. The van der Waals surface area contributed by atoms with Gasteiger partial charge in [-0.3, -0.25) is 14.4 Å². The Hall–Kier alpha value is -2.11. The Morgan fingerprint density at radius 1 is 1.07 bits per heavy atom. The Morgan fingerprint density at radius 3 is 2.59 bits per heavy atom. The number of hydrogen-bond acceptors (Lipinski definition) is 4. The van der Waals surface area contributed by atoms with Crippen molar-refractivity contribution >= 4 is 11.8 Å². The highest BCUT2D eigenvalue weighted by Crippen LogP contribution is 2.42. The molecule has 1 aromatic rings. The molecule has 1 aromatic heterocycles. The molecule has 6 heteroatoms. The molecule has 0 radical (unpaired) electrons. The predicted molar refractivity (Wildman–Crippen MR) is 100 cm³/mol. The quantitative estimate of drug-likeness (QED) is 0.800. The van der Waals surface area contributed by atoms with Gasteiger partial charge in [-0.1, -0.05) is 19.3 Å². The minimum Gasteiger partial charge on any atom is -0.456 e. The molecule has 4 rings (SSSR count). The number of piperidine rings is 1. The minimum atomic E-state index is -0.449. The van der Waals surface area contributed by atoms with Crippen LogP contribution >= 0.6 is 0 Å². The Labute approximate surface area is 159 Å². The fourth-order valence-corrected chi connectivity index (χ4v) is 5.13. The van der Waals surface area contributed by atoms with Gasteiger partial charge in [-0.2, -0.15) is 0 Å². The molecule has 0 unspecified atom stereocenters. The highest BCUT2D eigenvalue weighted by atomic mass is 16.3. The van der Waals surface area contributed by atoms with E-state index < -0.39 is 5.41 Å². The van der Waals surface area contributed by atoms with Gasteiger partial charge in [0.2, 0.25) is 5.91 Å². The van der Waals surface area contributed by atoms with Crippen LogP contribution in [0.2, 0.25) is 0 Å². The summed E-state index contributed by atoms with van der Waals surface area (Å²) in [4.78, 5) is 41.7. The largest absolute Gasteiger partial charge is 0.456 e. The number of carbonyl (C=O) groups is 2. The van der Waals surface area contributed by atoms with Gasteiger partial charge < -0.3 is 14.2 Å². The van der Waals surface area contributed by atoms with E-state index in [2.05, 4.69) is 4.90 Å². The summed E-state index contributed by atoms with van der Waals surface area (Å²) in [6, 6.07) is 3.00. The van der Waals surface area contributed by atoms with E-state index in [1.807, 2.05) is 0 Å². The number of aryl methyl sites for hydroxylation is 1. The lowest BCUT2D eigenvalue weighted by Crippen LogP contribution is -2.54. The Morgan fingerprint density at radius 2 is 1.85 bits per heavy atom. The van der Waals surface area contributed by atoms with Gasteiger partial charge in [0.25, 0.3) is 5.91 Å². The van der Waals surface area contributed by atoms with E-state index in [9.17, 15) is 14.4 Å². The van der Waals surface area contributed by atoms with Gasteiger partial charge in [0.05, 0.1) is 5.41 Å². The second-order valence-corrected chi connectivity index (χ2v) is 8.42. The summed E-state index contributed by atoms with van der Waals surface area (Å²) in [6.07, 6.45) is 8.46. The average molecular weight is 372 g/mol. The molecule has 2 saturated heterocycles. The van der Waals surface area contributed by atoms with E-state index in [0.717, 1.165) is 32.2 Å². The van der Waals surface area contributed by atoms with Crippen molar-refractivity contribution in [3.05, 3.63) is 33.9 Å².